The molecule has 24 heavy (non-hydrogen) atoms. The molecule has 0 aliphatic rings. The summed E-state index contributed by atoms with van der Waals surface area (Å²) in [5.41, 5.74) is -0.450. The van der Waals surface area contributed by atoms with E-state index in [0.29, 0.717) is 6.54 Å². The fraction of sp³-hybridized carbons (Fsp3) is 0.421. The van der Waals surface area contributed by atoms with Crippen LogP contribution in [0.3, 0.4) is 0 Å². The van der Waals surface area contributed by atoms with Gasteiger partial charge in [-0.1, -0.05) is 23.7 Å². The Balaban J connectivity index is 1.80. The van der Waals surface area contributed by atoms with Gasteiger partial charge in [-0.3, -0.25) is 0 Å². The Labute approximate surface area is 153 Å². The average Bonchev–Trinajstić information content (AvgIpc) is 2.49. The number of nitrogens with zero attached hydrogens (tertiary/aromatic N) is 1. The first-order valence-corrected chi connectivity index (χ1v) is 9.37. The van der Waals surface area contributed by atoms with Gasteiger partial charge in [0.05, 0.1) is 0 Å². The highest BCUT2D eigenvalue weighted by Crippen LogP contribution is 2.26. The molecule has 0 atom stereocenters. The lowest BCUT2D eigenvalue weighted by Gasteiger charge is -2.24. The Kier molecular flexibility index (Phi) is 6.41. The molecule has 2 rings (SSSR count). The highest BCUT2D eigenvalue weighted by molar-refractivity contribution is 7.99. The molecule has 1 amide bonds. The van der Waals surface area contributed by atoms with Crippen molar-refractivity contribution in [3.05, 3.63) is 41.4 Å². The quantitative estimate of drug-likeness (QED) is 0.492. The highest BCUT2D eigenvalue weighted by atomic mass is 35.5. The number of rotatable bonds is 5. The number of benzene rings is 2. The van der Waals surface area contributed by atoms with Crippen molar-refractivity contribution < 1.29 is 9.53 Å². The summed E-state index contributed by atoms with van der Waals surface area (Å²) >= 11 is 7.80. The smallest absolute Gasteiger partial charge is 0.410 e. The Hall–Kier alpha value is -1.39. The standard InChI is InChI=1S/C19H24ClNO2S/c1-19(2,3)23-18(22)21(4)10-5-11-24-17-9-7-14-12-16(20)8-6-15(14)13-17/h6-9,12-13H,5,10-11H2,1-4H3. The van der Waals surface area contributed by atoms with Gasteiger partial charge in [0.15, 0.2) is 0 Å². The van der Waals surface area contributed by atoms with Crippen LogP contribution in [0.5, 0.6) is 0 Å². The number of halogens is 1. The molecule has 0 heterocycles. The molecular formula is C19H24ClNO2S. The summed E-state index contributed by atoms with van der Waals surface area (Å²) in [6.07, 6.45) is 0.647. The molecule has 0 saturated heterocycles. The number of fused-ring (bicyclic) bond motifs is 1. The van der Waals surface area contributed by atoms with E-state index in [-0.39, 0.29) is 6.09 Å². The van der Waals surface area contributed by atoms with Crippen molar-refractivity contribution >= 4 is 40.2 Å². The van der Waals surface area contributed by atoms with E-state index in [2.05, 4.69) is 18.2 Å². The lowest BCUT2D eigenvalue weighted by atomic mass is 10.1. The van der Waals surface area contributed by atoms with E-state index in [4.69, 9.17) is 16.3 Å². The van der Waals surface area contributed by atoms with E-state index in [1.54, 1.807) is 23.7 Å². The van der Waals surface area contributed by atoms with E-state index in [9.17, 15) is 4.79 Å². The Morgan fingerprint density at radius 3 is 2.54 bits per heavy atom. The van der Waals surface area contributed by atoms with Crippen LogP contribution in [-0.2, 0) is 4.74 Å². The van der Waals surface area contributed by atoms with E-state index in [0.717, 1.165) is 22.6 Å². The number of thioether (sulfide) groups is 1. The highest BCUT2D eigenvalue weighted by Gasteiger charge is 2.19. The van der Waals surface area contributed by atoms with Crippen LogP contribution in [0.4, 0.5) is 4.79 Å². The van der Waals surface area contributed by atoms with Gasteiger partial charge in [-0.05, 0) is 68.0 Å². The Morgan fingerprint density at radius 2 is 1.83 bits per heavy atom. The Morgan fingerprint density at radius 1 is 1.17 bits per heavy atom. The predicted octanol–water partition coefficient (Wildman–Crippen LogP) is 5.84. The third-order valence-corrected chi connectivity index (χ3v) is 4.70. The predicted molar refractivity (Wildman–Crippen MR) is 103 cm³/mol. The average molecular weight is 366 g/mol. The van der Waals surface area contributed by atoms with E-state index in [1.165, 1.54) is 10.3 Å². The van der Waals surface area contributed by atoms with Gasteiger partial charge in [0.25, 0.3) is 0 Å². The number of hydrogen-bond acceptors (Lipinski definition) is 3. The van der Waals surface area contributed by atoms with Crippen LogP contribution in [0.1, 0.15) is 27.2 Å². The Bertz CT molecular complexity index is 712. The maximum atomic E-state index is 11.9. The van der Waals surface area contributed by atoms with E-state index in [1.807, 2.05) is 39.0 Å². The molecule has 0 saturated carbocycles. The fourth-order valence-corrected chi connectivity index (χ4v) is 3.27. The molecule has 0 radical (unpaired) electrons. The molecule has 0 spiro atoms. The van der Waals surface area contributed by atoms with Crippen LogP contribution in [0.2, 0.25) is 5.02 Å². The van der Waals surface area contributed by atoms with Crippen molar-refractivity contribution in [3.63, 3.8) is 0 Å². The summed E-state index contributed by atoms with van der Waals surface area (Å²) in [6.45, 7) is 6.32. The SMILES string of the molecule is CN(CCCSc1ccc2cc(Cl)ccc2c1)C(=O)OC(C)(C)C. The molecule has 2 aromatic rings. The second-order valence-corrected chi connectivity index (χ2v) is 8.36. The second kappa shape index (κ2) is 8.13. The summed E-state index contributed by atoms with van der Waals surface area (Å²) in [5.74, 6) is 0.951. The van der Waals surface area contributed by atoms with Crippen molar-refractivity contribution in [1.82, 2.24) is 4.90 Å². The lowest BCUT2D eigenvalue weighted by molar-refractivity contribution is 0.0299. The van der Waals surface area contributed by atoms with Gasteiger partial charge >= 0.3 is 6.09 Å². The van der Waals surface area contributed by atoms with Crippen LogP contribution >= 0.6 is 23.4 Å². The molecule has 3 nitrogen and oxygen atoms in total. The van der Waals surface area contributed by atoms with Crippen molar-refractivity contribution in [2.75, 3.05) is 19.3 Å². The molecule has 0 aliphatic heterocycles. The molecule has 0 aliphatic carbocycles. The minimum Gasteiger partial charge on any atom is -0.444 e. The monoisotopic (exact) mass is 365 g/mol. The minimum absolute atomic E-state index is 0.268. The van der Waals surface area contributed by atoms with Crippen LogP contribution < -0.4 is 0 Å². The maximum Gasteiger partial charge on any atom is 0.410 e. The summed E-state index contributed by atoms with van der Waals surface area (Å²) in [4.78, 5) is 14.7. The zero-order valence-corrected chi connectivity index (χ0v) is 16.2. The van der Waals surface area contributed by atoms with Crippen LogP contribution in [0, 0.1) is 0 Å². The first-order valence-electron chi connectivity index (χ1n) is 8.01. The topological polar surface area (TPSA) is 29.5 Å². The molecule has 2 aromatic carbocycles. The van der Waals surface area contributed by atoms with Gasteiger partial charge in [0.1, 0.15) is 5.60 Å². The lowest BCUT2D eigenvalue weighted by Crippen LogP contribution is -2.34. The van der Waals surface area contributed by atoms with Gasteiger partial charge in [0.2, 0.25) is 0 Å². The summed E-state index contributed by atoms with van der Waals surface area (Å²) in [5, 5.41) is 3.10. The van der Waals surface area contributed by atoms with Crippen LogP contribution in [0.25, 0.3) is 10.8 Å². The number of ether oxygens (including phenoxy) is 1. The van der Waals surface area contributed by atoms with Gasteiger partial charge in [-0.15, -0.1) is 11.8 Å². The normalized spacial score (nSPS) is 11.5. The molecule has 0 N–H and O–H groups in total. The first kappa shape index (κ1) is 18.9. The molecular weight excluding hydrogens is 342 g/mol. The van der Waals surface area contributed by atoms with Gasteiger partial charge in [0, 0.05) is 23.5 Å². The zero-order valence-electron chi connectivity index (χ0n) is 14.6. The van der Waals surface area contributed by atoms with Crippen molar-refractivity contribution in [3.8, 4) is 0 Å². The number of carbonyl (C=O) groups excluding carboxylic acids is 1. The third-order valence-electron chi connectivity index (χ3n) is 3.39. The maximum absolute atomic E-state index is 11.9. The van der Waals surface area contributed by atoms with Gasteiger partial charge in [-0.25, -0.2) is 4.79 Å². The van der Waals surface area contributed by atoms with Crippen LogP contribution in [-0.4, -0.2) is 35.9 Å². The third kappa shape index (κ3) is 5.91. The van der Waals surface area contributed by atoms with Crippen molar-refractivity contribution in [1.29, 1.82) is 0 Å². The van der Waals surface area contributed by atoms with E-state index < -0.39 is 5.60 Å². The number of carbonyl (C=O) groups is 1. The molecule has 0 bridgehead atoms. The number of hydrogen-bond donors (Lipinski definition) is 0. The largest absolute Gasteiger partial charge is 0.444 e. The molecule has 0 fully saturated rings. The summed E-state index contributed by atoms with van der Waals surface area (Å²) < 4.78 is 5.34. The van der Waals surface area contributed by atoms with Crippen molar-refractivity contribution in [2.24, 2.45) is 0 Å². The minimum atomic E-state index is -0.450. The van der Waals surface area contributed by atoms with Gasteiger partial charge in [-0.2, -0.15) is 0 Å². The van der Waals surface area contributed by atoms with Crippen LogP contribution in [0.15, 0.2) is 41.3 Å². The van der Waals surface area contributed by atoms with Gasteiger partial charge < -0.3 is 9.64 Å². The fourth-order valence-electron chi connectivity index (χ4n) is 2.21. The first-order chi connectivity index (χ1) is 11.2. The second-order valence-electron chi connectivity index (χ2n) is 6.76. The molecule has 130 valence electrons. The molecule has 0 aromatic heterocycles. The zero-order chi connectivity index (χ0) is 17.7. The van der Waals surface area contributed by atoms with E-state index >= 15 is 0 Å². The summed E-state index contributed by atoms with van der Waals surface area (Å²) in [7, 11) is 1.78. The number of amides is 1. The van der Waals surface area contributed by atoms with Crippen molar-refractivity contribution in [2.45, 2.75) is 37.7 Å². The summed E-state index contributed by atoms with van der Waals surface area (Å²) in [6, 6.07) is 12.3. The molecule has 0 unspecified atom stereocenters. The molecule has 5 heteroatoms.